The third-order valence-corrected chi connectivity index (χ3v) is 3.04. The number of nitrogens with two attached hydrogens (primary N) is 1. The second-order valence-electron chi connectivity index (χ2n) is 4.86. The first-order valence-corrected chi connectivity index (χ1v) is 6.33. The lowest BCUT2D eigenvalue weighted by atomic mass is 10.0. The highest BCUT2D eigenvalue weighted by atomic mass is 19.1. The predicted octanol–water partition coefficient (Wildman–Crippen LogP) is 2.28. The van der Waals surface area contributed by atoms with E-state index in [9.17, 15) is 9.18 Å². The van der Waals surface area contributed by atoms with Crippen LogP contribution in [0.2, 0.25) is 0 Å². The molecule has 3 N–H and O–H groups in total. The molecule has 1 atom stereocenters. The van der Waals surface area contributed by atoms with Crippen LogP contribution in [0, 0.1) is 11.7 Å². The number of hydrogen-bond donors (Lipinski definition) is 2. The van der Waals surface area contributed by atoms with Gasteiger partial charge in [-0.3, -0.25) is 0 Å². The summed E-state index contributed by atoms with van der Waals surface area (Å²) < 4.78 is 23.6. The third kappa shape index (κ3) is 3.84. The summed E-state index contributed by atoms with van der Waals surface area (Å²) in [6, 6.07) is 2.39. The topological polar surface area (TPSA) is 73.6 Å². The van der Waals surface area contributed by atoms with Crippen LogP contribution in [0.1, 0.15) is 24.2 Å². The first-order chi connectivity index (χ1) is 9.40. The van der Waals surface area contributed by atoms with Crippen molar-refractivity contribution in [1.29, 1.82) is 0 Å². The van der Waals surface area contributed by atoms with Gasteiger partial charge in [0.25, 0.3) is 0 Å². The molecule has 20 heavy (non-hydrogen) atoms. The van der Waals surface area contributed by atoms with E-state index in [0.29, 0.717) is 6.61 Å². The lowest BCUT2D eigenvalue weighted by molar-refractivity contribution is 0.0602. The van der Waals surface area contributed by atoms with Crippen molar-refractivity contribution in [3.8, 4) is 0 Å². The largest absolute Gasteiger partial charge is 0.465 e. The van der Waals surface area contributed by atoms with Crippen molar-refractivity contribution in [2.45, 2.75) is 19.9 Å². The molecule has 1 aromatic rings. The molecule has 0 amide bonds. The van der Waals surface area contributed by atoms with Crippen molar-refractivity contribution in [2.75, 3.05) is 31.9 Å². The van der Waals surface area contributed by atoms with Crippen LogP contribution in [0.15, 0.2) is 12.1 Å². The first-order valence-electron chi connectivity index (χ1n) is 6.33. The number of halogens is 1. The molecule has 0 saturated carbocycles. The fourth-order valence-electron chi connectivity index (χ4n) is 1.77. The maximum Gasteiger partial charge on any atom is 0.340 e. The van der Waals surface area contributed by atoms with Crippen LogP contribution in [0.4, 0.5) is 15.8 Å². The summed E-state index contributed by atoms with van der Waals surface area (Å²) in [4.78, 5) is 11.6. The zero-order chi connectivity index (χ0) is 15.3. The maximum atomic E-state index is 13.9. The second kappa shape index (κ2) is 7.09. The number of rotatable bonds is 6. The van der Waals surface area contributed by atoms with Gasteiger partial charge in [-0.05, 0) is 18.1 Å². The van der Waals surface area contributed by atoms with Gasteiger partial charge in [-0.25, -0.2) is 9.18 Å². The highest BCUT2D eigenvalue weighted by Crippen LogP contribution is 2.24. The van der Waals surface area contributed by atoms with Gasteiger partial charge in [0, 0.05) is 12.8 Å². The number of nitrogens with one attached hydrogen (secondary N) is 1. The minimum Gasteiger partial charge on any atom is -0.465 e. The molecule has 0 bridgehead atoms. The molecule has 0 spiro atoms. The van der Waals surface area contributed by atoms with Crippen LogP contribution in [0.25, 0.3) is 0 Å². The molecular formula is C14H21FN2O3. The van der Waals surface area contributed by atoms with Crippen LogP contribution < -0.4 is 11.1 Å². The van der Waals surface area contributed by atoms with E-state index in [4.69, 9.17) is 10.5 Å². The second-order valence-corrected chi connectivity index (χ2v) is 4.86. The Bertz CT molecular complexity index is 478. The quantitative estimate of drug-likeness (QED) is 0.619. The van der Waals surface area contributed by atoms with E-state index < -0.39 is 11.8 Å². The number of ether oxygens (including phenoxy) is 2. The SMILES string of the molecule is COCC(Nc1cc(C(=O)OC)c(N)cc1F)C(C)C. The van der Waals surface area contributed by atoms with Crippen LogP contribution >= 0.6 is 0 Å². The Morgan fingerprint density at radius 1 is 1.40 bits per heavy atom. The summed E-state index contributed by atoms with van der Waals surface area (Å²) in [6.45, 7) is 4.41. The van der Waals surface area contributed by atoms with Crippen molar-refractivity contribution >= 4 is 17.3 Å². The van der Waals surface area contributed by atoms with Gasteiger partial charge in [-0.15, -0.1) is 0 Å². The molecule has 1 rings (SSSR count). The van der Waals surface area contributed by atoms with Crippen molar-refractivity contribution in [3.63, 3.8) is 0 Å². The molecule has 6 heteroatoms. The summed E-state index contributed by atoms with van der Waals surface area (Å²) in [6.07, 6.45) is 0. The van der Waals surface area contributed by atoms with Gasteiger partial charge in [0.1, 0.15) is 5.82 Å². The van der Waals surface area contributed by atoms with Crippen LogP contribution in [0.5, 0.6) is 0 Å². The van der Waals surface area contributed by atoms with E-state index in [1.54, 1.807) is 7.11 Å². The van der Waals surface area contributed by atoms with E-state index >= 15 is 0 Å². The molecule has 1 aromatic carbocycles. The van der Waals surface area contributed by atoms with E-state index in [-0.39, 0.29) is 28.9 Å². The molecular weight excluding hydrogens is 263 g/mol. The standard InChI is InChI=1S/C14H21FN2O3/c1-8(2)13(7-19-3)17-12-5-9(14(18)20-4)11(16)6-10(12)15/h5-6,8,13,17H,7,16H2,1-4H3. The number of methoxy groups -OCH3 is 2. The fourth-order valence-corrected chi connectivity index (χ4v) is 1.77. The van der Waals surface area contributed by atoms with Gasteiger partial charge in [-0.1, -0.05) is 13.8 Å². The number of esters is 1. The molecule has 0 aliphatic carbocycles. The molecule has 0 aliphatic rings. The highest BCUT2D eigenvalue weighted by molar-refractivity contribution is 5.96. The van der Waals surface area contributed by atoms with Gasteiger partial charge in [0.2, 0.25) is 0 Å². The fraction of sp³-hybridized carbons (Fsp3) is 0.500. The molecule has 0 saturated heterocycles. The molecule has 0 aliphatic heterocycles. The predicted molar refractivity (Wildman–Crippen MR) is 76.3 cm³/mol. The van der Waals surface area contributed by atoms with E-state index in [1.165, 1.54) is 13.2 Å². The van der Waals surface area contributed by atoms with Crippen LogP contribution in [-0.2, 0) is 9.47 Å². The molecule has 0 fully saturated rings. The van der Waals surface area contributed by atoms with Crippen molar-refractivity contribution in [1.82, 2.24) is 0 Å². The zero-order valence-electron chi connectivity index (χ0n) is 12.2. The van der Waals surface area contributed by atoms with Crippen LogP contribution in [0.3, 0.4) is 0 Å². The normalized spacial score (nSPS) is 12.3. The van der Waals surface area contributed by atoms with Gasteiger partial charge >= 0.3 is 5.97 Å². The summed E-state index contributed by atoms with van der Waals surface area (Å²) in [5.41, 5.74) is 6.01. The van der Waals surface area contributed by atoms with Crippen molar-refractivity contribution < 1.29 is 18.7 Å². The number of anilines is 2. The van der Waals surface area contributed by atoms with Gasteiger partial charge in [0.05, 0.1) is 31.0 Å². The average molecular weight is 284 g/mol. The Hall–Kier alpha value is -1.82. The molecule has 1 unspecified atom stereocenters. The van der Waals surface area contributed by atoms with Gasteiger partial charge in [0.15, 0.2) is 0 Å². The Morgan fingerprint density at radius 2 is 2.05 bits per heavy atom. The third-order valence-electron chi connectivity index (χ3n) is 3.04. The number of nitrogen functional groups attached to an aromatic ring is 1. The number of carbonyl (C=O) groups excluding carboxylic acids is 1. The van der Waals surface area contributed by atoms with Crippen molar-refractivity contribution in [2.24, 2.45) is 5.92 Å². The summed E-state index contributed by atoms with van der Waals surface area (Å²) in [7, 11) is 2.83. The maximum absolute atomic E-state index is 13.9. The van der Waals surface area contributed by atoms with E-state index in [0.717, 1.165) is 6.07 Å². The average Bonchev–Trinajstić information content (AvgIpc) is 2.39. The van der Waals surface area contributed by atoms with Crippen molar-refractivity contribution in [3.05, 3.63) is 23.5 Å². The molecule has 112 valence electrons. The Balaban J connectivity index is 3.08. The smallest absolute Gasteiger partial charge is 0.340 e. The number of carbonyl (C=O) groups is 1. The minimum atomic E-state index is -0.599. The Labute approximate surface area is 118 Å². The minimum absolute atomic E-state index is 0.0488. The summed E-state index contributed by atoms with van der Waals surface area (Å²) in [5, 5.41) is 3.03. The van der Waals surface area contributed by atoms with E-state index in [1.807, 2.05) is 13.8 Å². The first kappa shape index (κ1) is 16.2. The van der Waals surface area contributed by atoms with Gasteiger partial charge < -0.3 is 20.5 Å². The van der Waals surface area contributed by atoms with Gasteiger partial charge in [-0.2, -0.15) is 0 Å². The summed E-state index contributed by atoms with van der Waals surface area (Å²) >= 11 is 0. The Morgan fingerprint density at radius 3 is 2.55 bits per heavy atom. The molecule has 5 nitrogen and oxygen atoms in total. The monoisotopic (exact) mass is 284 g/mol. The lowest BCUT2D eigenvalue weighted by Gasteiger charge is -2.23. The number of benzene rings is 1. The number of hydrogen-bond acceptors (Lipinski definition) is 5. The molecule has 0 radical (unpaired) electrons. The molecule has 0 heterocycles. The van der Waals surface area contributed by atoms with Crippen LogP contribution in [-0.4, -0.2) is 32.8 Å². The summed E-state index contributed by atoms with van der Waals surface area (Å²) in [5.74, 6) is -0.885. The highest BCUT2D eigenvalue weighted by Gasteiger charge is 2.18. The molecule has 0 aromatic heterocycles. The Kier molecular flexibility index (Phi) is 5.76. The van der Waals surface area contributed by atoms with E-state index in [2.05, 4.69) is 10.1 Å². The zero-order valence-corrected chi connectivity index (χ0v) is 12.2. The lowest BCUT2D eigenvalue weighted by Crippen LogP contribution is -2.31.